The third-order valence-corrected chi connectivity index (χ3v) is 2.61. The van der Waals surface area contributed by atoms with Gasteiger partial charge in [-0.15, -0.1) is 0 Å². The van der Waals surface area contributed by atoms with E-state index in [2.05, 4.69) is 38.7 Å². The molecular weight excluding hydrogens is 318 g/mol. The van der Waals surface area contributed by atoms with Crippen LogP contribution in [0.25, 0.3) is 0 Å². The first-order chi connectivity index (χ1) is 8.58. The van der Waals surface area contributed by atoms with Crippen LogP contribution in [0.5, 0.6) is 11.5 Å². The summed E-state index contributed by atoms with van der Waals surface area (Å²) in [7, 11) is 1.58. The first-order valence-electron chi connectivity index (χ1n) is 5.17. The molecule has 0 aliphatic heterocycles. The lowest BCUT2D eigenvalue weighted by Crippen LogP contribution is -2.23. The van der Waals surface area contributed by atoms with Gasteiger partial charge in [0.1, 0.15) is 0 Å². The molecule has 0 aromatic heterocycles. The summed E-state index contributed by atoms with van der Waals surface area (Å²) >= 11 is 8.06. The predicted molar refractivity (Wildman–Crippen MR) is 79.4 cm³/mol. The van der Waals surface area contributed by atoms with Gasteiger partial charge < -0.3 is 15.2 Å². The van der Waals surface area contributed by atoms with Crippen molar-refractivity contribution >= 4 is 39.5 Å². The van der Waals surface area contributed by atoms with E-state index in [0.717, 1.165) is 10.0 Å². The lowest BCUT2D eigenvalue weighted by Gasteiger charge is -2.11. The molecule has 5 nitrogen and oxygen atoms in total. The van der Waals surface area contributed by atoms with Crippen LogP contribution < -0.4 is 20.6 Å². The smallest absolute Gasteiger partial charge is 0.184 e. The maximum Gasteiger partial charge on any atom is 0.184 e. The Bertz CT molecular complexity index is 466. The number of hydrogen-bond acceptors (Lipinski definition) is 4. The van der Waals surface area contributed by atoms with E-state index in [0.29, 0.717) is 18.1 Å². The van der Waals surface area contributed by atoms with Gasteiger partial charge in [0.25, 0.3) is 0 Å². The second-order valence-corrected chi connectivity index (χ2v) is 4.50. The van der Waals surface area contributed by atoms with Crippen LogP contribution in [0.2, 0.25) is 0 Å². The van der Waals surface area contributed by atoms with Crippen molar-refractivity contribution in [2.45, 2.75) is 6.92 Å². The van der Waals surface area contributed by atoms with Gasteiger partial charge in [0, 0.05) is 0 Å². The lowest BCUT2D eigenvalue weighted by atomic mass is 10.2. The Kier molecular flexibility index (Phi) is 5.87. The number of hydrogen-bond donors (Lipinski definition) is 2. The Labute approximate surface area is 119 Å². The molecule has 0 amide bonds. The van der Waals surface area contributed by atoms with E-state index < -0.39 is 0 Å². The molecule has 98 valence electrons. The normalized spacial score (nSPS) is 10.4. The number of benzene rings is 1. The van der Waals surface area contributed by atoms with Crippen LogP contribution in [-0.4, -0.2) is 25.0 Å². The van der Waals surface area contributed by atoms with Gasteiger partial charge in [-0.2, -0.15) is 5.10 Å². The average molecular weight is 332 g/mol. The molecule has 0 bridgehead atoms. The van der Waals surface area contributed by atoms with Gasteiger partial charge in [-0.1, -0.05) is 0 Å². The fourth-order valence-corrected chi connectivity index (χ4v) is 1.90. The molecule has 0 fully saturated rings. The minimum atomic E-state index is 0.114. The number of nitrogens with two attached hydrogens (primary N) is 1. The molecule has 0 unspecified atom stereocenters. The van der Waals surface area contributed by atoms with Crippen molar-refractivity contribution < 1.29 is 9.47 Å². The Balaban J connectivity index is 2.99. The van der Waals surface area contributed by atoms with Crippen molar-refractivity contribution in [1.29, 1.82) is 0 Å². The highest BCUT2D eigenvalue weighted by atomic mass is 79.9. The zero-order valence-electron chi connectivity index (χ0n) is 10.1. The van der Waals surface area contributed by atoms with Gasteiger partial charge in [0.05, 0.1) is 24.4 Å². The van der Waals surface area contributed by atoms with Gasteiger partial charge >= 0.3 is 0 Å². The molecular formula is C11H14BrN3O2S. The van der Waals surface area contributed by atoms with E-state index in [1.165, 1.54) is 0 Å². The molecule has 1 rings (SSSR count). The van der Waals surface area contributed by atoms with Crippen LogP contribution in [0.1, 0.15) is 12.5 Å². The molecule has 0 saturated carbocycles. The van der Waals surface area contributed by atoms with Crippen LogP contribution in [0.3, 0.4) is 0 Å². The second kappa shape index (κ2) is 7.17. The summed E-state index contributed by atoms with van der Waals surface area (Å²) < 4.78 is 11.5. The first kappa shape index (κ1) is 14.7. The van der Waals surface area contributed by atoms with Gasteiger partial charge in [0.15, 0.2) is 16.6 Å². The third kappa shape index (κ3) is 4.15. The number of methoxy groups -OCH3 is 1. The standard InChI is InChI=1S/C11H14BrN3O2S/c1-3-17-10-8(12)4-7(5-9(10)16-2)6-14-15-11(13)18/h4-6H,3H2,1-2H3,(H3,13,15,18). The zero-order valence-corrected chi connectivity index (χ0v) is 12.5. The molecule has 0 heterocycles. The number of rotatable bonds is 5. The largest absolute Gasteiger partial charge is 0.493 e. The average Bonchev–Trinajstić information content (AvgIpc) is 2.31. The molecule has 1 aromatic carbocycles. The Hall–Kier alpha value is -1.34. The van der Waals surface area contributed by atoms with Crippen LogP contribution in [0, 0.1) is 0 Å². The van der Waals surface area contributed by atoms with Gasteiger partial charge in [-0.05, 0) is 52.8 Å². The first-order valence-corrected chi connectivity index (χ1v) is 6.37. The van der Waals surface area contributed by atoms with E-state index >= 15 is 0 Å². The Morgan fingerprint density at radius 2 is 2.33 bits per heavy atom. The van der Waals surface area contributed by atoms with Gasteiger partial charge in [-0.25, -0.2) is 0 Å². The molecule has 0 atom stereocenters. The Morgan fingerprint density at radius 3 is 2.89 bits per heavy atom. The molecule has 0 aliphatic carbocycles. The van der Waals surface area contributed by atoms with Crippen LogP contribution in [-0.2, 0) is 0 Å². The summed E-state index contributed by atoms with van der Waals surface area (Å²) in [6.45, 7) is 2.47. The molecule has 0 saturated heterocycles. The van der Waals surface area contributed by atoms with Crippen LogP contribution in [0.4, 0.5) is 0 Å². The molecule has 3 N–H and O–H groups in total. The third-order valence-electron chi connectivity index (χ3n) is 1.93. The summed E-state index contributed by atoms with van der Waals surface area (Å²) in [6, 6.07) is 3.67. The topological polar surface area (TPSA) is 68.9 Å². The molecule has 1 aromatic rings. The SMILES string of the molecule is CCOc1c(Br)cc(C=NNC(N)=S)cc1OC. The molecule has 18 heavy (non-hydrogen) atoms. The van der Waals surface area contributed by atoms with E-state index in [-0.39, 0.29) is 5.11 Å². The molecule has 0 radical (unpaired) electrons. The summed E-state index contributed by atoms with van der Waals surface area (Å²) in [4.78, 5) is 0. The monoisotopic (exact) mass is 331 g/mol. The van der Waals surface area contributed by atoms with E-state index in [4.69, 9.17) is 15.2 Å². The lowest BCUT2D eigenvalue weighted by molar-refractivity contribution is 0.309. The van der Waals surface area contributed by atoms with Crippen LogP contribution in [0.15, 0.2) is 21.7 Å². The number of ether oxygens (including phenoxy) is 2. The maximum absolute atomic E-state index is 5.48. The van der Waals surface area contributed by atoms with E-state index in [1.807, 2.05) is 13.0 Å². The van der Waals surface area contributed by atoms with Crippen molar-refractivity contribution in [3.63, 3.8) is 0 Å². The fraction of sp³-hybridized carbons (Fsp3) is 0.273. The Morgan fingerprint density at radius 1 is 1.61 bits per heavy atom. The van der Waals surface area contributed by atoms with E-state index in [1.54, 1.807) is 19.4 Å². The minimum Gasteiger partial charge on any atom is -0.493 e. The minimum absolute atomic E-state index is 0.114. The highest BCUT2D eigenvalue weighted by Gasteiger charge is 2.10. The second-order valence-electron chi connectivity index (χ2n) is 3.20. The number of nitrogens with zero attached hydrogens (tertiary/aromatic N) is 1. The number of thiocarbonyl (C=S) groups is 1. The van der Waals surface area contributed by atoms with Crippen molar-refractivity contribution in [3.05, 3.63) is 22.2 Å². The van der Waals surface area contributed by atoms with Gasteiger partial charge in [0.2, 0.25) is 0 Å². The number of hydrazone groups is 1. The van der Waals surface area contributed by atoms with Crippen molar-refractivity contribution in [3.8, 4) is 11.5 Å². The highest BCUT2D eigenvalue weighted by Crippen LogP contribution is 2.36. The predicted octanol–water partition coefficient (Wildman–Crippen LogP) is 2.02. The summed E-state index contributed by atoms with van der Waals surface area (Å²) in [5.41, 5.74) is 8.57. The fourth-order valence-electron chi connectivity index (χ4n) is 1.27. The molecule has 0 aliphatic rings. The summed E-state index contributed by atoms with van der Waals surface area (Å²) in [5.74, 6) is 1.29. The van der Waals surface area contributed by atoms with Crippen LogP contribution >= 0.6 is 28.1 Å². The highest BCUT2D eigenvalue weighted by molar-refractivity contribution is 9.10. The quantitative estimate of drug-likeness (QED) is 0.491. The van der Waals surface area contributed by atoms with Crippen molar-refractivity contribution in [2.75, 3.05) is 13.7 Å². The van der Waals surface area contributed by atoms with Gasteiger partial charge in [-0.3, -0.25) is 5.43 Å². The van der Waals surface area contributed by atoms with Crippen molar-refractivity contribution in [1.82, 2.24) is 5.43 Å². The summed E-state index contributed by atoms with van der Waals surface area (Å²) in [6.07, 6.45) is 1.59. The number of nitrogens with one attached hydrogen (secondary N) is 1. The summed E-state index contributed by atoms with van der Waals surface area (Å²) in [5, 5.41) is 3.99. The molecule has 0 spiro atoms. The zero-order chi connectivity index (χ0) is 13.5. The maximum atomic E-state index is 5.48. The number of halogens is 1. The van der Waals surface area contributed by atoms with E-state index in [9.17, 15) is 0 Å². The molecule has 7 heteroatoms. The van der Waals surface area contributed by atoms with Crippen molar-refractivity contribution in [2.24, 2.45) is 10.8 Å².